The molecule has 17 heavy (non-hydrogen) atoms. The second kappa shape index (κ2) is 4.71. The molecule has 86 valence electrons. The molecule has 0 unspecified atom stereocenters. The maximum atomic E-state index is 10.7. The van der Waals surface area contributed by atoms with E-state index in [4.69, 9.17) is 11.6 Å². The van der Waals surface area contributed by atoms with Crippen molar-refractivity contribution in [1.29, 1.82) is 0 Å². The first-order chi connectivity index (χ1) is 8.16. The van der Waals surface area contributed by atoms with Crippen LogP contribution in [0.2, 0.25) is 5.02 Å². The molecule has 2 rings (SSSR count). The van der Waals surface area contributed by atoms with Crippen LogP contribution in [-0.2, 0) is 0 Å². The Morgan fingerprint density at radius 3 is 2.76 bits per heavy atom. The molecule has 0 bridgehead atoms. The summed E-state index contributed by atoms with van der Waals surface area (Å²) in [6.45, 7) is 0. The van der Waals surface area contributed by atoms with Gasteiger partial charge < -0.3 is 0 Å². The summed E-state index contributed by atoms with van der Waals surface area (Å²) in [6, 6.07) is 4.42. The Kier molecular flexibility index (Phi) is 3.10. The Balaban J connectivity index is 2.28. The van der Waals surface area contributed by atoms with Crippen LogP contribution >= 0.6 is 11.6 Å². The molecule has 7 nitrogen and oxygen atoms in total. The van der Waals surface area contributed by atoms with Gasteiger partial charge in [-0.2, -0.15) is 5.10 Å². The summed E-state index contributed by atoms with van der Waals surface area (Å²) < 4.78 is 1.38. The molecular weight excluding hydrogens is 246 g/mol. The first-order valence-electron chi connectivity index (χ1n) is 4.50. The predicted molar refractivity (Wildman–Crippen MR) is 61.1 cm³/mol. The quantitative estimate of drug-likeness (QED) is 0.472. The van der Waals surface area contributed by atoms with Crippen LogP contribution in [0.25, 0.3) is 0 Å². The highest BCUT2D eigenvalue weighted by Gasteiger charge is 2.11. The van der Waals surface area contributed by atoms with Gasteiger partial charge in [0.25, 0.3) is 5.69 Å². The van der Waals surface area contributed by atoms with Crippen LogP contribution in [0.15, 0.2) is 36.0 Å². The lowest BCUT2D eigenvalue weighted by atomic mass is 10.2. The lowest BCUT2D eigenvalue weighted by Gasteiger charge is -1.96. The molecule has 0 aliphatic rings. The first-order valence-corrected chi connectivity index (χ1v) is 4.87. The van der Waals surface area contributed by atoms with E-state index in [2.05, 4.69) is 15.3 Å². The monoisotopic (exact) mass is 251 g/mol. The molecule has 0 radical (unpaired) electrons. The van der Waals surface area contributed by atoms with Gasteiger partial charge in [-0.15, -0.1) is 10.2 Å². The molecule has 8 heteroatoms. The Morgan fingerprint density at radius 2 is 2.12 bits per heavy atom. The lowest BCUT2D eigenvalue weighted by Crippen LogP contribution is -1.92. The van der Waals surface area contributed by atoms with Gasteiger partial charge >= 0.3 is 0 Å². The molecule has 2 aromatic rings. The summed E-state index contributed by atoms with van der Waals surface area (Å²) >= 11 is 5.68. The van der Waals surface area contributed by atoms with Crippen molar-refractivity contribution >= 4 is 23.5 Å². The van der Waals surface area contributed by atoms with Gasteiger partial charge in [0.05, 0.1) is 11.1 Å². The van der Waals surface area contributed by atoms with Crippen molar-refractivity contribution < 1.29 is 4.92 Å². The summed E-state index contributed by atoms with van der Waals surface area (Å²) in [4.78, 5) is 10.1. The molecule has 1 heterocycles. The van der Waals surface area contributed by atoms with E-state index in [1.165, 1.54) is 35.7 Å². The van der Waals surface area contributed by atoms with Gasteiger partial charge in [-0.05, 0) is 6.07 Å². The fourth-order valence-corrected chi connectivity index (χ4v) is 1.32. The number of halogens is 1. The third-order valence-electron chi connectivity index (χ3n) is 1.91. The zero-order chi connectivity index (χ0) is 12.3. The van der Waals surface area contributed by atoms with Gasteiger partial charge in [0.15, 0.2) is 0 Å². The van der Waals surface area contributed by atoms with Crippen LogP contribution in [0, 0.1) is 10.1 Å². The van der Waals surface area contributed by atoms with Gasteiger partial charge in [-0.1, -0.05) is 17.7 Å². The van der Waals surface area contributed by atoms with E-state index in [1.807, 2.05) is 0 Å². The second-order valence-corrected chi connectivity index (χ2v) is 3.46. The summed E-state index contributed by atoms with van der Waals surface area (Å²) in [5.74, 6) is 0. The average molecular weight is 252 g/mol. The van der Waals surface area contributed by atoms with Crippen LogP contribution in [0.1, 0.15) is 5.56 Å². The number of hydrogen-bond acceptors (Lipinski definition) is 5. The Morgan fingerprint density at radius 1 is 1.41 bits per heavy atom. The zero-order valence-corrected chi connectivity index (χ0v) is 9.15. The Labute approximate surface area is 101 Å². The van der Waals surface area contributed by atoms with Gasteiger partial charge in [-0.25, -0.2) is 4.68 Å². The van der Waals surface area contributed by atoms with Gasteiger partial charge in [0.2, 0.25) is 0 Å². The molecule has 0 atom stereocenters. The van der Waals surface area contributed by atoms with Gasteiger partial charge in [0, 0.05) is 11.6 Å². The molecule has 0 fully saturated rings. The molecule has 0 saturated carbocycles. The highest BCUT2D eigenvalue weighted by molar-refractivity contribution is 6.32. The first kappa shape index (κ1) is 11.2. The molecule has 1 aromatic heterocycles. The highest BCUT2D eigenvalue weighted by Crippen LogP contribution is 2.24. The van der Waals surface area contributed by atoms with Crippen molar-refractivity contribution in [3.05, 3.63) is 51.6 Å². The average Bonchev–Trinajstić information content (AvgIpc) is 2.80. The summed E-state index contributed by atoms with van der Waals surface area (Å²) in [5.41, 5.74) is 0.411. The normalized spacial score (nSPS) is 10.9. The number of nitrogens with zero attached hydrogens (tertiary/aromatic N) is 5. The second-order valence-electron chi connectivity index (χ2n) is 3.05. The van der Waals surface area contributed by atoms with E-state index in [0.29, 0.717) is 5.56 Å². The van der Waals surface area contributed by atoms with E-state index in [9.17, 15) is 10.1 Å². The number of nitro benzene ring substituents is 1. The number of nitro groups is 1. The van der Waals surface area contributed by atoms with Gasteiger partial charge in [0.1, 0.15) is 17.7 Å². The molecule has 1 aromatic carbocycles. The van der Waals surface area contributed by atoms with E-state index in [1.54, 1.807) is 6.07 Å². The lowest BCUT2D eigenvalue weighted by molar-refractivity contribution is -0.384. The van der Waals surface area contributed by atoms with E-state index >= 15 is 0 Å². The highest BCUT2D eigenvalue weighted by atomic mass is 35.5. The topological polar surface area (TPSA) is 86.2 Å². The smallest absolute Gasteiger partial charge is 0.258 e. The number of hydrogen-bond donors (Lipinski definition) is 0. The molecular formula is C9H6ClN5O2. The maximum Gasteiger partial charge on any atom is 0.288 e. The standard InChI is InChI=1S/C9H6ClN5O2/c10-8-2-1-7(3-9(8)15(16)17)4-13-14-5-11-12-6-14/h1-6H/b13-4-. The minimum Gasteiger partial charge on any atom is -0.258 e. The van der Waals surface area contributed by atoms with Crippen molar-refractivity contribution in [3.8, 4) is 0 Å². The van der Waals surface area contributed by atoms with Crippen molar-refractivity contribution in [3.63, 3.8) is 0 Å². The Hall–Kier alpha value is -2.28. The summed E-state index contributed by atoms with van der Waals surface area (Å²) in [5, 5.41) is 21.8. The molecule has 0 saturated heterocycles. The van der Waals surface area contributed by atoms with Crippen molar-refractivity contribution in [2.45, 2.75) is 0 Å². The summed E-state index contributed by atoms with van der Waals surface area (Å²) in [6.07, 6.45) is 4.26. The van der Waals surface area contributed by atoms with Crippen LogP contribution in [0.3, 0.4) is 0 Å². The van der Waals surface area contributed by atoms with Crippen LogP contribution in [0.4, 0.5) is 5.69 Å². The minimum absolute atomic E-state index is 0.0939. The van der Waals surface area contributed by atoms with Gasteiger partial charge in [-0.3, -0.25) is 10.1 Å². The number of rotatable bonds is 3. The maximum absolute atomic E-state index is 10.7. The SMILES string of the molecule is O=[N+]([O-])c1cc(/C=N\n2cnnc2)ccc1Cl. The van der Waals surface area contributed by atoms with E-state index < -0.39 is 4.92 Å². The zero-order valence-electron chi connectivity index (χ0n) is 8.39. The fraction of sp³-hybridized carbons (Fsp3) is 0. The summed E-state index contributed by atoms with van der Waals surface area (Å²) in [7, 11) is 0. The van der Waals surface area contributed by atoms with Crippen LogP contribution < -0.4 is 0 Å². The molecule has 0 N–H and O–H groups in total. The predicted octanol–water partition coefficient (Wildman–Crippen LogP) is 1.72. The van der Waals surface area contributed by atoms with Crippen LogP contribution in [0.5, 0.6) is 0 Å². The van der Waals surface area contributed by atoms with E-state index in [-0.39, 0.29) is 10.7 Å². The molecule has 0 amide bonds. The Bertz CT molecular complexity index is 567. The number of benzene rings is 1. The third kappa shape index (κ3) is 2.64. The largest absolute Gasteiger partial charge is 0.288 e. The van der Waals surface area contributed by atoms with Crippen molar-refractivity contribution in [2.75, 3.05) is 0 Å². The molecule has 0 aliphatic heterocycles. The van der Waals surface area contributed by atoms with Crippen molar-refractivity contribution in [1.82, 2.24) is 14.9 Å². The fourth-order valence-electron chi connectivity index (χ4n) is 1.14. The van der Waals surface area contributed by atoms with Crippen LogP contribution in [-0.4, -0.2) is 26.0 Å². The third-order valence-corrected chi connectivity index (χ3v) is 2.23. The van der Waals surface area contributed by atoms with Crippen molar-refractivity contribution in [2.24, 2.45) is 5.10 Å². The molecule has 0 aliphatic carbocycles. The molecule has 0 spiro atoms. The van der Waals surface area contributed by atoms with E-state index in [0.717, 1.165) is 0 Å². The number of aromatic nitrogens is 3. The minimum atomic E-state index is -0.543.